The summed E-state index contributed by atoms with van der Waals surface area (Å²) in [6, 6.07) is 13.0. The molecule has 1 saturated carbocycles. The molecule has 17 heteroatoms. The van der Waals surface area contributed by atoms with E-state index in [-0.39, 0.29) is 23.3 Å². The van der Waals surface area contributed by atoms with Gasteiger partial charge in [-0.25, -0.2) is 22.9 Å². The molecule has 2 N–H and O–H groups in total. The first-order chi connectivity index (χ1) is 27.6. The molecule has 16 nitrogen and oxygen atoms in total. The number of imide groups is 1. The van der Waals surface area contributed by atoms with E-state index in [2.05, 4.69) is 60.8 Å². The number of carbonyl (C=O) groups excluding carboxylic acids is 2. The summed E-state index contributed by atoms with van der Waals surface area (Å²) in [6.45, 7) is 3.16. The second kappa shape index (κ2) is 14.9. The maximum absolute atomic E-state index is 13.8. The zero-order chi connectivity index (χ0) is 39.3. The third-order valence-corrected chi connectivity index (χ3v) is 13.4. The van der Waals surface area contributed by atoms with Gasteiger partial charge in [-0.05, 0) is 93.4 Å². The molecular weight excluding hydrogens is 745 g/mol. The molecule has 1 aliphatic carbocycles. The van der Waals surface area contributed by atoms with Crippen LogP contribution in [0.15, 0.2) is 53.7 Å². The molecule has 6 heterocycles. The molecule has 0 spiro atoms. The van der Waals surface area contributed by atoms with E-state index in [9.17, 15) is 23.3 Å². The minimum atomic E-state index is -3.80. The lowest BCUT2D eigenvalue weighted by molar-refractivity contribution is -0.120. The number of benzene rings is 2. The topological polar surface area (TPSA) is 187 Å². The summed E-state index contributed by atoms with van der Waals surface area (Å²) in [4.78, 5) is 37.2. The van der Waals surface area contributed by atoms with Gasteiger partial charge in [0.15, 0.2) is 11.5 Å². The number of amides is 3. The van der Waals surface area contributed by atoms with E-state index in [0.717, 1.165) is 60.7 Å². The summed E-state index contributed by atoms with van der Waals surface area (Å²) in [7, 11) is -1.94. The van der Waals surface area contributed by atoms with Gasteiger partial charge in [-0.1, -0.05) is 17.9 Å². The zero-order valence-electron chi connectivity index (χ0n) is 31.6. The van der Waals surface area contributed by atoms with E-state index in [4.69, 9.17) is 4.98 Å². The van der Waals surface area contributed by atoms with Gasteiger partial charge >= 0.3 is 6.03 Å². The summed E-state index contributed by atoms with van der Waals surface area (Å²) in [6.07, 6.45) is 9.10. The highest BCUT2D eigenvalue weighted by atomic mass is 32.2. The molecule has 57 heavy (non-hydrogen) atoms. The molecule has 9 rings (SSSR count). The molecule has 0 radical (unpaired) electrons. The van der Waals surface area contributed by atoms with Crippen molar-refractivity contribution in [1.29, 1.82) is 5.26 Å². The average molecular weight is 787 g/mol. The van der Waals surface area contributed by atoms with E-state index >= 15 is 0 Å². The predicted octanol–water partition coefficient (Wildman–Crippen LogP) is 3.86. The first kappa shape index (κ1) is 36.7. The number of nitrogens with one attached hydrogen (secondary N) is 2. The van der Waals surface area contributed by atoms with Crippen LogP contribution in [-0.4, -0.2) is 104 Å². The van der Waals surface area contributed by atoms with Gasteiger partial charge in [0.25, 0.3) is 0 Å². The van der Waals surface area contributed by atoms with Crippen molar-refractivity contribution in [2.24, 2.45) is 7.05 Å². The second-order valence-electron chi connectivity index (χ2n) is 15.3. The van der Waals surface area contributed by atoms with Crippen LogP contribution in [-0.2, 0) is 21.9 Å². The normalized spacial score (nSPS) is 19.1. The van der Waals surface area contributed by atoms with Crippen LogP contribution in [0.25, 0.3) is 21.9 Å². The predicted molar refractivity (Wildman–Crippen MR) is 212 cm³/mol. The van der Waals surface area contributed by atoms with Gasteiger partial charge in [0.1, 0.15) is 6.07 Å². The molecule has 5 aromatic rings. The molecular formula is C40H42N12O4S. The van der Waals surface area contributed by atoms with Gasteiger partial charge in [0.2, 0.25) is 21.9 Å². The van der Waals surface area contributed by atoms with E-state index in [1.54, 1.807) is 23.1 Å². The molecule has 4 aliphatic rings. The van der Waals surface area contributed by atoms with Gasteiger partial charge in [0.05, 0.1) is 40.1 Å². The van der Waals surface area contributed by atoms with Crippen LogP contribution in [0.2, 0.25) is 0 Å². The summed E-state index contributed by atoms with van der Waals surface area (Å²) < 4.78 is 32.8. The number of sulfonamides is 1. The summed E-state index contributed by atoms with van der Waals surface area (Å²) >= 11 is 0. The number of carbonyl (C=O) groups is 2. The number of urea groups is 1. The Morgan fingerprint density at radius 1 is 0.947 bits per heavy atom. The van der Waals surface area contributed by atoms with Gasteiger partial charge in [0, 0.05) is 56.3 Å². The number of hydrogen-bond donors (Lipinski definition) is 2. The van der Waals surface area contributed by atoms with Crippen molar-refractivity contribution in [2.75, 3.05) is 49.5 Å². The number of fused-ring (bicyclic) bond motifs is 2. The molecule has 0 unspecified atom stereocenters. The Hall–Kier alpha value is -5.88. The number of nitrogens with zero attached hydrogens (tertiary/aromatic N) is 10. The fourth-order valence-corrected chi connectivity index (χ4v) is 9.59. The van der Waals surface area contributed by atoms with E-state index in [1.807, 2.05) is 17.8 Å². The number of likely N-dealkylation sites (tertiary alicyclic amines) is 1. The molecule has 2 aromatic carbocycles. The Bertz CT molecular complexity index is 2620. The number of anilines is 2. The van der Waals surface area contributed by atoms with Crippen LogP contribution in [0.1, 0.15) is 73.6 Å². The van der Waals surface area contributed by atoms with Gasteiger partial charge in [-0.15, -0.1) is 0 Å². The number of piperidine rings is 2. The number of nitriles is 1. The highest BCUT2D eigenvalue weighted by molar-refractivity contribution is 7.89. The number of aromatic nitrogens is 6. The molecule has 0 atom stereocenters. The minimum absolute atomic E-state index is 0.0294. The molecule has 0 bridgehead atoms. The van der Waals surface area contributed by atoms with Gasteiger partial charge in [-0.2, -0.15) is 24.7 Å². The summed E-state index contributed by atoms with van der Waals surface area (Å²) in [5.41, 5.74) is 3.70. The van der Waals surface area contributed by atoms with Crippen molar-refractivity contribution in [3.63, 3.8) is 0 Å². The molecule has 3 saturated heterocycles. The lowest BCUT2D eigenvalue weighted by Gasteiger charge is -2.31. The molecule has 3 aliphatic heterocycles. The number of hydrogen-bond acceptors (Lipinski definition) is 11. The smallest absolute Gasteiger partial charge is 0.329 e. The first-order valence-corrected chi connectivity index (χ1v) is 20.9. The zero-order valence-corrected chi connectivity index (χ0v) is 32.4. The maximum atomic E-state index is 13.8. The summed E-state index contributed by atoms with van der Waals surface area (Å²) in [5, 5.41) is 26.4. The Labute approximate surface area is 329 Å². The Balaban J connectivity index is 0.803. The molecule has 3 amide bonds. The van der Waals surface area contributed by atoms with Crippen molar-refractivity contribution in [1.82, 2.24) is 44.1 Å². The van der Waals surface area contributed by atoms with Crippen LogP contribution >= 0.6 is 0 Å². The van der Waals surface area contributed by atoms with Crippen molar-refractivity contribution in [3.05, 3.63) is 65.5 Å². The van der Waals surface area contributed by atoms with E-state index < -0.39 is 16.1 Å². The summed E-state index contributed by atoms with van der Waals surface area (Å²) in [5.74, 6) is 7.45. The second-order valence-corrected chi connectivity index (χ2v) is 17.2. The Morgan fingerprint density at radius 3 is 2.51 bits per heavy atom. The molecule has 4 fully saturated rings. The van der Waals surface area contributed by atoms with Crippen LogP contribution < -0.4 is 15.5 Å². The van der Waals surface area contributed by atoms with Crippen molar-refractivity contribution in [2.45, 2.75) is 67.8 Å². The number of rotatable bonds is 8. The highest BCUT2D eigenvalue weighted by Crippen LogP contribution is 2.37. The van der Waals surface area contributed by atoms with Crippen molar-refractivity contribution >= 4 is 55.7 Å². The standard InChI is InChI=1S/C40H42N12O4S/c1-48-35-22-28(5-9-34(35)38(47-48)51-20-14-36(53)45-40(51)54)26-10-16-49(17-11-26)15-2-3-27-21-33(8-4-29(27)23-41)57(55,56)50-18-12-31(13-19-50)44-39-42-24-30-25-43-52(32-6-7-32)37(30)46-39/h4-5,8-9,21-22,24-26,31-32H,6-7,10-20H2,1H3,(H,42,44,46)(H,45,53,54). The van der Waals surface area contributed by atoms with Crippen molar-refractivity contribution in [3.8, 4) is 17.9 Å². The maximum Gasteiger partial charge on any atom is 0.329 e. The SMILES string of the molecule is Cn1nc(N2CCC(=O)NC2=O)c2ccc(C3CCN(CC#Cc4cc(S(=O)(=O)N5CCC(Nc6ncc7cnn(C8CC8)c7n6)CC5)ccc4C#N)CC3)cc21. The monoisotopic (exact) mass is 786 g/mol. The van der Waals surface area contributed by atoms with Crippen LogP contribution in [0.3, 0.4) is 0 Å². The quantitative estimate of drug-likeness (QED) is 0.218. The third-order valence-electron chi connectivity index (χ3n) is 11.5. The average Bonchev–Trinajstić information content (AvgIpc) is 3.90. The Kier molecular flexibility index (Phi) is 9.60. The highest BCUT2D eigenvalue weighted by Gasteiger charge is 2.32. The molecule has 3 aromatic heterocycles. The van der Waals surface area contributed by atoms with Crippen LogP contribution in [0, 0.1) is 23.2 Å². The van der Waals surface area contributed by atoms with Crippen molar-refractivity contribution < 1.29 is 18.0 Å². The number of aryl methyl sites for hydroxylation is 1. The van der Waals surface area contributed by atoms with Crippen LogP contribution in [0.4, 0.5) is 16.6 Å². The lowest BCUT2D eigenvalue weighted by atomic mass is 9.89. The Morgan fingerprint density at radius 2 is 1.75 bits per heavy atom. The largest absolute Gasteiger partial charge is 0.351 e. The molecule has 292 valence electrons. The van der Waals surface area contributed by atoms with Crippen LogP contribution in [0.5, 0.6) is 0 Å². The third kappa shape index (κ3) is 7.30. The van der Waals surface area contributed by atoms with E-state index in [0.29, 0.717) is 73.9 Å². The van der Waals surface area contributed by atoms with E-state index in [1.165, 1.54) is 26.9 Å². The van der Waals surface area contributed by atoms with Gasteiger partial charge in [-0.3, -0.25) is 24.6 Å². The fraction of sp³-hybridized carbons (Fsp3) is 0.425. The minimum Gasteiger partial charge on any atom is -0.351 e. The van der Waals surface area contributed by atoms with Gasteiger partial charge < -0.3 is 5.32 Å². The lowest BCUT2D eigenvalue weighted by Crippen LogP contribution is -2.49. The first-order valence-electron chi connectivity index (χ1n) is 19.4. The fourth-order valence-electron chi connectivity index (χ4n) is 8.09.